The van der Waals surface area contributed by atoms with Crippen LogP contribution in [0.25, 0.3) is 98.2 Å². The van der Waals surface area contributed by atoms with E-state index in [9.17, 15) is 0 Å². The van der Waals surface area contributed by atoms with Crippen molar-refractivity contribution < 1.29 is 0 Å². The molecule has 0 aliphatic heterocycles. The van der Waals surface area contributed by atoms with Gasteiger partial charge in [-0.05, 0) is 146 Å². The first-order valence-electron chi connectivity index (χ1n) is 25.0. The van der Waals surface area contributed by atoms with Crippen LogP contribution in [0.4, 0.5) is 17.1 Å². The third kappa shape index (κ3) is 5.68. The molecule has 2 aliphatic rings. The molecular formula is C68H42N4S. The van der Waals surface area contributed by atoms with Gasteiger partial charge in [0.2, 0.25) is 5.78 Å². The Hall–Kier alpha value is -9.29. The average Bonchev–Trinajstić information content (AvgIpc) is 4.25. The number of nitrogens with zero attached hydrogens (tertiary/aromatic N) is 4. The van der Waals surface area contributed by atoms with Gasteiger partial charge in [-0.15, -0.1) is 11.3 Å². The van der Waals surface area contributed by atoms with Crippen LogP contribution in [-0.4, -0.2) is 14.0 Å². The third-order valence-corrected chi connectivity index (χ3v) is 17.0. The number of benzene rings is 11. The van der Waals surface area contributed by atoms with E-state index in [0.717, 1.165) is 61.7 Å². The number of hydrogen-bond acceptors (Lipinski definition) is 3. The molecule has 3 aromatic heterocycles. The minimum atomic E-state index is -0.451. The van der Waals surface area contributed by atoms with Crippen LogP contribution < -0.4 is 4.90 Å². The summed E-state index contributed by atoms with van der Waals surface area (Å²) in [7, 11) is 0. The molecular weight excluding hydrogens is 905 g/mol. The molecule has 0 radical (unpaired) electrons. The van der Waals surface area contributed by atoms with E-state index >= 15 is 0 Å². The largest absolute Gasteiger partial charge is 0.310 e. The van der Waals surface area contributed by atoms with Crippen molar-refractivity contribution in [2.45, 2.75) is 5.41 Å². The van der Waals surface area contributed by atoms with Crippen molar-refractivity contribution in [3.05, 3.63) is 277 Å². The van der Waals surface area contributed by atoms with E-state index in [-0.39, 0.29) is 0 Å². The van der Waals surface area contributed by atoms with Crippen molar-refractivity contribution in [2.75, 3.05) is 4.90 Å². The van der Waals surface area contributed by atoms with E-state index in [4.69, 9.17) is 4.98 Å². The smallest absolute Gasteiger partial charge is 0.220 e. The van der Waals surface area contributed by atoms with E-state index in [0.29, 0.717) is 0 Å². The van der Waals surface area contributed by atoms with E-state index < -0.39 is 5.41 Å². The molecule has 14 aromatic rings. The fourth-order valence-corrected chi connectivity index (χ4v) is 13.9. The second kappa shape index (κ2) is 15.4. The number of hydrogen-bond donors (Lipinski definition) is 0. The molecule has 5 heteroatoms. The van der Waals surface area contributed by atoms with Crippen LogP contribution in [-0.2, 0) is 5.41 Å². The Morgan fingerprint density at radius 2 is 0.877 bits per heavy atom. The number of para-hydroxylation sites is 4. The van der Waals surface area contributed by atoms with Crippen LogP contribution in [0.5, 0.6) is 0 Å². The minimum absolute atomic E-state index is 0.451. The van der Waals surface area contributed by atoms with Crippen LogP contribution in [0.3, 0.4) is 0 Å². The minimum Gasteiger partial charge on any atom is -0.310 e. The maximum absolute atomic E-state index is 5.12. The molecule has 0 bridgehead atoms. The normalized spacial score (nSPS) is 13.0. The van der Waals surface area contributed by atoms with Gasteiger partial charge in [0.05, 0.1) is 27.5 Å². The standard InChI is InChI=1S/C68H42N4S/c1-5-20-57-51(14-1)52-15-2-6-21-58(52)68(57)59-22-7-3-16-53(59)54-41-40-49(42-60(54)68)70(47-38-32-45(33-39-47)50-18-13-19-56-55-17-4-12-27-65(55)73-66(50)56)46-34-28-43(29-35-46)44-30-36-48(37-31-44)71-63-25-10-11-26-64(63)72-62-24-9-8-23-61(62)69-67(71)72/h1-42H. The van der Waals surface area contributed by atoms with Gasteiger partial charge < -0.3 is 4.90 Å². The van der Waals surface area contributed by atoms with E-state index in [1.807, 2.05) is 11.3 Å². The summed E-state index contributed by atoms with van der Waals surface area (Å²) < 4.78 is 7.18. The number of thiophene rings is 1. The SMILES string of the molecule is c1ccc2c(c1)-c1ccccc1C21c2ccccc2-c2ccc(N(c3ccc(-c4ccc(-n5c6ccccc6n6c7ccccc7nc56)cc4)cc3)c3ccc(-c4cccc5c4sc4ccccc45)cc3)cc21. The predicted octanol–water partition coefficient (Wildman–Crippen LogP) is 17.9. The van der Waals surface area contributed by atoms with Crippen LogP contribution >= 0.6 is 11.3 Å². The molecule has 0 atom stereocenters. The summed E-state index contributed by atoms with van der Waals surface area (Å²) in [6, 6.07) is 94.0. The van der Waals surface area contributed by atoms with Gasteiger partial charge in [-0.1, -0.05) is 176 Å². The fourth-order valence-electron chi connectivity index (χ4n) is 12.6. The van der Waals surface area contributed by atoms with Gasteiger partial charge in [0.15, 0.2) is 0 Å². The fraction of sp³-hybridized carbons (Fsp3) is 0.0147. The lowest BCUT2D eigenvalue weighted by Gasteiger charge is -2.32. The van der Waals surface area contributed by atoms with E-state index in [1.165, 1.54) is 75.8 Å². The summed E-state index contributed by atoms with van der Waals surface area (Å²) in [5.74, 6) is 0.910. The van der Waals surface area contributed by atoms with Gasteiger partial charge >= 0.3 is 0 Å². The predicted molar refractivity (Wildman–Crippen MR) is 304 cm³/mol. The van der Waals surface area contributed by atoms with E-state index in [2.05, 4.69) is 269 Å². The molecule has 11 aromatic carbocycles. The van der Waals surface area contributed by atoms with Crippen LogP contribution in [0.2, 0.25) is 0 Å². The van der Waals surface area contributed by atoms with Crippen molar-refractivity contribution in [1.29, 1.82) is 0 Å². The number of fused-ring (bicyclic) bond motifs is 18. The highest BCUT2D eigenvalue weighted by atomic mass is 32.1. The summed E-state index contributed by atoms with van der Waals surface area (Å²) in [4.78, 5) is 7.56. The molecule has 2 aliphatic carbocycles. The molecule has 4 nitrogen and oxygen atoms in total. The van der Waals surface area contributed by atoms with E-state index in [1.54, 1.807) is 0 Å². The third-order valence-electron chi connectivity index (χ3n) is 15.8. The first-order chi connectivity index (χ1) is 36.2. The van der Waals surface area contributed by atoms with Crippen molar-refractivity contribution in [2.24, 2.45) is 0 Å². The highest BCUT2D eigenvalue weighted by Crippen LogP contribution is 2.63. The molecule has 16 rings (SSSR count). The highest BCUT2D eigenvalue weighted by Gasteiger charge is 2.51. The lowest BCUT2D eigenvalue weighted by atomic mass is 9.70. The van der Waals surface area contributed by atoms with Gasteiger partial charge in [-0.2, -0.15) is 0 Å². The maximum atomic E-state index is 5.12. The zero-order valence-electron chi connectivity index (χ0n) is 39.4. The number of rotatable bonds is 6. The zero-order chi connectivity index (χ0) is 47.8. The van der Waals surface area contributed by atoms with Crippen LogP contribution in [0.1, 0.15) is 22.3 Å². The van der Waals surface area contributed by atoms with Crippen molar-refractivity contribution in [1.82, 2.24) is 14.0 Å². The molecule has 3 heterocycles. The molecule has 0 N–H and O–H groups in total. The van der Waals surface area contributed by atoms with Gasteiger partial charge in [0.25, 0.3) is 0 Å². The first-order valence-corrected chi connectivity index (χ1v) is 25.8. The van der Waals surface area contributed by atoms with Crippen molar-refractivity contribution in [3.8, 4) is 50.2 Å². The molecule has 0 amide bonds. The Morgan fingerprint density at radius 1 is 0.370 bits per heavy atom. The quantitative estimate of drug-likeness (QED) is 0.166. The molecule has 1 spiro atoms. The summed E-state index contributed by atoms with van der Waals surface area (Å²) in [6.45, 7) is 0. The molecule has 0 saturated carbocycles. The Bertz CT molecular complexity index is 4490. The van der Waals surface area contributed by atoms with Gasteiger partial charge in [0.1, 0.15) is 0 Å². The van der Waals surface area contributed by atoms with Crippen LogP contribution in [0, 0.1) is 0 Å². The Labute approximate surface area is 425 Å². The van der Waals surface area contributed by atoms with Crippen molar-refractivity contribution >= 4 is 76.4 Å². The highest BCUT2D eigenvalue weighted by molar-refractivity contribution is 7.26. The van der Waals surface area contributed by atoms with Gasteiger partial charge in [-0.3, -0.25) is 8.97 Å². The van der Waals surface area contributed by atoms with Crippen molar-refractivity contribution in [3.63, 3.8) is 0 Å². The molecule has 0 fully saturated rings. The Kier molecular flexibility index (Phi) is 8.51. The molecule has 0 saturated heterocycles. The first kappa shape index (κ1) is 40.4. The topological polar surface area (TPSA) is 25.5 Å². The zero-order valence-corrected chi connectivity index (χ0v) is 40.3. The summed E-state index contributed by atoms with van der Waals surface area (Å²) in [5.41, 5.74) is 23.6. The monoisotopic (exact) mass is 946 g/mol. The summed E-state index contributed by atoms with van der Waals surface area (Å²) in [6.07, 6.45) is 0. The second-order valence-electron chi connectivity index (χ2n) is 19.4. The Morgan fingerprint density at radius 3 is 1.56 bits per heavy atom. The summed E-state index contributed by atoms with van der Waals surface area (Å²) >= 11 is 1.88. The number of anilines is 3. The van der Waals surface area contributed by atoms with Gasteiger partial charge in [-0.25, -0.2) is 4.98 Å². The maximum Gasteiger partial charge on any atom is 0.220 e. The van der Waals surface area contributed by atoms with Gasteiger partial charge in [0, 0.05) is 42.9 Å². The lowest BCUT2D eigenvalue weighted by molar-refractivity contribution is 0.793. The number of aromatic nitrogens is 3. The summed E-state index contributed by atoms with van der Waals surface area (Å²) in [5, 5.41) is 2.62. The molecule has 0 unspecified atom stereocenters. The van der Waals surface area contributed by atoms with Crippen LogP contribution in [0.15, 0.2) is 255 Å². The average molecular weight is 947 g/mol. The number of imidazole rings is 2. The molecule has 73 heavy (non-hydrogen) atoms. The second-order valence-corrected chi connectivity index (χ2v) is 20.5. The Balaban J connectivity index is 0.830. The molecule has 340 valence electrons. The lowest BCUT2D eigenvalue weighted by Crippen LogP contribution is -2.26.